The largest absolute Gasteiger partial charge is 0.495 e. The molecule has 0 aromatic heterocycles. The van der Waals surface area contributed by atoms with Crippen LogP contribution in [-0.4, -0.2) is 44.4 Å². The summed E-state index contributed by atoms with van der Waals surface area (Å²) < 4.78 is 21.8. The summed E-state index contributed by atoms with van der Waals surface area (Å²) >= 11 is 0. The van der Waals surface area contributed by atoms with E-state index in [1.165, 1.54) is 27.4 Å². The molecule has 7 heteroatoms. The summed E-state index contributed by atoms with van der Waals surface area (Å²) in [6.45, 7) is 1.87. The van der Waals surface area contributed by atoms with Crippen LogP contribution in [-0.2, 0) is 18.9 Å². The van der Waals surface area contributed by atoms with Crippen LogP contribution in [0.2, 0.25) is 0 Å². The number of benzene rings is 1. The van der Waals surface area contributed by atoms with E-state index in [0.29, 0.717) is 5.57 Å². The highest BCUT2D eigenvalue weighted by Crippen LogP contribution is 2.43. The highest BCUT2D eigenvalue weighted by atomic mass is 16.8. The van der Waals surface area contributed by atoms with E-state index in [-0.39, 0.29) is 12.4 Å². The van der Waals surface area contributed by atoms with E-state index >= 15 is 0 Å². The van der Waals surface area contributed by atoms with Gasteiger partial charge in [-0.25, -0.2) is 0 Å². The topological polar surface area (TPSA) is 80.1 Å². The zero-order valence-electron chi connectivity index (χ0n) is 15.3. The standard InChI is InChI=1S/C19H23NO6/c1-5-26-19(25-4)17(23-2)13-16(14-18(19,24-3)20(21)22)12-11-15-9-7-6-8-10-15/h6-14H,5H2,1-4H3. The molecule has 0 amide bonds. The Labute approximate surface area is 152 Å². The highest BCUT2D eigenvalue weighted by Gasteiger charge is 2.68. The summed E-state index contributed by atoms with van der Waals surface area (Å²) in [6.07, 6.45) is 6.60. The Morgan fingerprint density at radius 1 is 1.12 bits per heavy atom. The maximum atomic E-state index is 12.0. The van der Waals surface area contributed by atoms with Crippen molar-refractivity contribution in [2.75, 3.05) is 27.9 Å². The van der Waals surface area contributed by atoms with Gasteiger partial charge >= 0.3 is 11.5 Å². The SMILES string of the molecule is CCOC1(OC)C(OC)=CC(C=Cc2ccccc2)=CC1(OC)[N+](=O)[O-]. The van der Waals surface area contributed by atoms with Crippen LogP contribution < -0.4 is 0 Å². The average molecular weight is 361 g/mol. The van der Waals surface area contributed by atoms with Gasteiger partial charge in [0, 0.05) is 26.9 Å². The molecule has 0 fully saturated rings. The third-order valence-corrected chi connectivity index (χ3v) is 4.16. The first-order chi connectivity index (χ1) is 12.5. The van der Waals surface area contributed by atoms with E-state index in [1.54, 1.807) is 19.1 Å². The van der Waals surface area contributed by atoms with Crippen LogP contribution >= 0.6 is 0 Å². The number of rotatable bonds is 8. The zero-order valence-corrected chi connectivity index (χ0v) is 15.3. The zero-order chi connectivity index (χ0) is 19.2. The molecular weight excluding hydrogens is 338 g/mol. The molecule has 140 valence electrons. The number of ether oxygens (including phenoxy) is 4. The molecule has 0 bridgehead atoms. The molecule has 0 N–H and O–H groups in total. The van der Waals surface area contributed by atoms with Gasteiger partial charge < -0.3 is 18.9 Å². The minimum atomic E-state index is -2.10. The molecule has 1 aliphatic carbocycles. The molecule has 0 heterocycles. The minimum absolute atomic E-state index is 0.149. The van der Waals surface area contributed by atoms with Gasteiger partial charge in [0.25, 0.3) is 0 Å². The fraction of sp³-hybridized carbons (Fsp3) is 0.368. The highest BCUT2D eigenvalue weighted by molar-refractivity contribution is 5.56. The summed E-state index contributed by atoms with van der Waals surface area (Å²) in [5, 5.41) is 12.0. The van der Waals surface area contributed by atoms with Crippen molar-refractivity contribution in [2.24, 2.45) is 0 Å². The maximum absolute atomic E-state index is 12.0. The van der Waals surface area contributed by atoms with Crippen molar-refractivity contribution in [2.45, 2.75) is 18.4 Å². The van der Waals surface area contributed by atoms with Crippen molar-refractivity contribution >= 4 is 6.08 Å². The van der Waals surface area contributed by atoms with E-state index in [4.69, 9.17) is 18.9 Å². The Kier molecular flexibility index (Phi) is 6.31. The Balaban J connectivity index is 2.58. The van der Waals surface area contributed by atoms with Crippen LogP contribution in [0.3, 0.4) is 0 Å². The van der Waals surface area contributed by atoms with Crippen molar-refractivity contribution in [3.8, 4) is 0 Å². The van der Waals surface area contributed by atoms with E-state index in [2.05, 4.69) is 0 Å². The van der Waals surface area contributed by atoms with Crippen molar-refractivity contribution in [3.05, 3.63) is 75.6 Å². The Morgan fingerprint density at radius 3 is 2.31 bits per heavy atom. The normalized spacial score (nSPS) is 25.7. The van der Waals surface area contributed by atoms with E-state index in [1.807, 2.05) is 36.4 Å². The van der Waals surface area contributed by atoms with Gasteiger partial charge in [-0.2, -0.15) is 0 Å². The predicted octanol–water partition coefficient (Wildman–Crippen LogP) is 3.17. The lowest BCUT2D eigenvalue weighted by atomic mass is 9.90. The van der Waals surface area contributed by atoms with Crippen LogP contribution in [0.15, 0.2) is 59.9 Å². The monoisotopic (exact) mass is 361 g/mol. The van der Waals surface area contributed by atoms with Gasteiger partial charge in [-0.1, -0.05) is 42.5 Å². The molecular formula is C19H23NO6. The van der Waals surface area contributed by atoms with E-state index < -0.39 is 16.4 Å². The molecule has 1 aliphatic rings. The van der Waals surface area contributed by atoms with Crippen LogP contribution in [0, 0.1) is 10.1 Å². The summed E-state index contributed by atoms with van der Waals surface area (Å²) in [6, 6.07) is 9.59. The second kappa shape index (κ2) is 8.27. The molecule has 1 aromatic rings. The molecule has 0 radical (unpaired) electrons. The summed E-state index contributed by atoms with van der Waals surface area (Å²) in [4.78, 5) is 11.4. The first-order valence-corrected chi connectivity index (χ1v) is 8.10. The number of hydrogen-bond acceptors (Lipinski definition) is 6. The van der Waals surface area contributed by atoms with E-state index in [0.717, 1.165) is 5.56 Å². The third kappa shape index (κ3) is 3.29. The third-order valence-electron chi connectivity index (χ3n) is 4.16. The summed E-state index contributed by atoms with van der Waals surface area (Å²) in [7, 11) is 3.96. The molecule has 2 atom stereocenters. The van der Waals surface area contributed by atoms with Gasteiger partial charge in [0.05, 0.1) is 12.0 Å². The summed E-state index contributed by atoms with van der Waals surface area (Å²) in [5.41, 5.74) is -0.608. The van der Waals surface area contributed by atoms with Gasteiger partial charge in [-0.05, 0) is 24.1 Å². The molecule has 2 unspecified atom stereocenters. The molecule has 26 heavy (non-hydrogen) atoms. The van der Waals surface area contributed by atoms with Gasteiger partial charge in [-0.3, -0.25) is 10.1 Å². The lowest BCUT2D eigenvalue weighted by Gasteiger charge is -2.41. The first-order valence-electron chi connectivity index (χ1n) is 8.10. The maximum Gasteiger partial charge on any atom is 0.407 e. The van der Waals surface area contributed by atoms with Gasteiger partial charge in [0.15, 0.2) is 5.76 Å². The van der Waals surface area contributed by atoms with Crippen molar-refractivity contribution in [1.82, 2.24) is 0 Å². The van der Waals surface area contributed by atoms with Gasteiger partial charge in [0.2, 0.25) is 0 Å². The minimum Gasteiger partial charge on any atom is -0.495 e. The van der Waals surface area contributed by atoms with Crippen LogP contribution in [0.5, 0.6) is 0 Å². The van der Waals surface area contributed by atoms with Crippen LogP contribution in [0.25, 0.3) is 6.08 Å². The Hall–Kier alpha value is -2.48. The van der Waals surface area contributed by atoms with Crippen LogP contribution in [0.4, 0.5) is 0 Å². The lowest BCUT2D eigenvalue weighted by molar-refractivity contribution is -0.653. The predicted molar refractivity (Wildman–Crippen MR) is 96.8 cm³/mol. The smallest absolute Gasteiger partial charge is 0.407 e. The molecule has 0 saturated heterocycles. The molecule has 0 saturated carbocycles. The summed E-state index contributed by atoms with van der Waals surface area (Å²) in [5.74, 6) is -1.69. The first kappa shape index (κ1) is 19.8. The average Bonchev–Trinajstić information content (AvgIpc) is 2.67. The fourth-order valence-corrected chi connectivity index (χ4v) is 2.96. The lowest BCUT2D eigenvalue weighted by Crippen LogP contribution is -2.64. The second-order valence-electron chi connectivity index (χ2n) is 5.51. The number of nitro groups is 1. The number of methoxy groups -OCH3 is 3. The van der Waals surface area contributed by atoms with Crippen molar-refractivity contribution in [1.29, 1.82) is 0 Å². The van der Waals surface area contributed by atoms with E-state index in [9.17, 15) is 10.1 Å². The molecule has 1 aromatic carbocycles. The number of hydrogen-bond donors (Lipinski definition) is 0. The number of nitrogens with zero attached hydrogens (tertiary/aromatic N) is 1. The van der Waals surface area contributed by atoms with Crippen molar-refractivity contribution in [3.63, 3.8) is 0 Å². The molecule has 7 nitrogen and oxygen atoms in total. The number of allylic oxidation sites excluding steroid dienone is 3. The molecule has 0 aliphatic heterocycles. The quantitative estimate of drug-likeness (QED) is 0.402. The Bertz CT molecular complexity index is 727. The van der Waals surface area contributed by atoms with Gasteiger partial charge in [0.1, 0.15) is 0 Å². The molecule has 2 rings (SSSR count). The Morgan fingerprint density at radius 2 is 1.81 bits per heavy atom. The van der Waals surface area contributed by atoms with Gasteiger partial charge in [-0.15, -0.1) is 0 Å². The van der Waals surface area contributed by atoms with Crippen LogP contribution in [0.1, 0.15) is 12.5 Å². The van der Waals surface area contributed by atoms with Crippen molar-refractivity contribution < 1.29 is 23.9 Å². The molecule has 0 spiro atoms. The second-order valence-corrected chi connectivity index (χ2v) is 5.51. The fourth-order valence-electron chi connectivity index (χ4n) is 2.96.